The summed E-state index contributed by atoms with van der Waals surface area (Å²) in [5.74, 6) is 0. The number of aryl methyl sites for hydroxylation is 1. The van der Waals surface area contributed by atoms with E-state index in [-0.39, 0.29) is 16.1 Å². The number of nitrogens with one attached hydrogen (secondary N) is 1. The number of hydrogen-bond donors (Lipinski definition) is 1. The first kappa shape index (κ1) is 11.9. The molecule has 0 unspecified atom stereocenters. The maximum absolute atomic E-state index is 10.7. The van der Waals surface area contributed by atoms with Gasteiger partial charge >= 0.3 is 0 Å². The number of benzene rings is 1. The molecule has 4 heteroatoms. The first-order valence-corrected chi connectivity index (χ1v) is 6.03. The quantitative estimate of drug-likeness (QED) is 0.641. The normalized spacial score (nSPS) is 18.0. The summed E-state index contributed by atoms with van der Waals surface area (Å²) < 4.78 is 0. The summed E-state index contributed by atoms with van der Waals surface area (Å²) in [6.45, 7) is 4.13. The van der Waals surface area contributed by atoms with E-state index < -0.39 is 0 Å². The fraction of sp³-hybridized carbons (Fsp3) is 0.538. The van der Waals surface area contributed by atoms with Crippen LogP contribution in [-0.4, -0.2) is 10.5 Å². The molecule has 2 rings (SSSR count). The lowest BCUT2D eigenvalue weighted by Crippen LogP contribution is -2.31. The van der Waals surface area contributed by atoms with Gasteiger partial charge in [-0.15, -0.1) is 0 Å². The van der Waals surface area contributed by atoms with Gasteiger partial charge in [-0.25, -0.2) is 0 Å². The molecule has 1 aliphatic carbocycles. The van der Waals surface area contributed by atoms with Crippen LogP contribution in [0.4, 0.5) is 11.4 Å². The Bertz CT molecular complexity index is 437. The minimum Gasteiger partial charge on any atom is -0.380 e. The molecule has 1 aromatic carbocycles. The standard InChI is InChI=1S/C13H18N2O2/c1-10-9-11(15(16)17)5-6-12(10)14-13(2)7-3-4-8-13/h5-6,9,14H,3-4,7-8H2,1-2H3. The summed E-state index contributed by atoms with van der Waals surface area (Å²) in [5, 5.41) is 14.2. The molecule has 1 saturated carbocycles. The molecule has 0 aromatic heterocycles. The third-order valence-electron chi connectivity index (χ3n) is 3.56. The Morgan fingerprint density at radius 2 is 2.00 bits per heavy atom. The number of hydrogen-bond acceptors (Lipinski definition) is 3. The molecule has 0 saturated heterocycles. The topological polar surface area (TPSA) is 55.2 Å². The zero-order valence-electron chi connectivity index (χ0n) is 10.3. The van der Waals surface area contributed by atoms with Crippen LogP contribution in [0.15, 0.2) is 18.2 Å². The Balaban J connectivity index is 2.19. The first-order chi connectivity index (χ1) is 8.00. The van der Waals surface area contributed by atoms with Crippen LogP contribution in [0.1, 0.15) is 38.2 Å². The van der Waals surface area contributed by atoms with E-state index in [0.717, 1.165) is 11.3 Å². The van der Waals surface area contributed by atoms with E-state index >= 15 is 0 Å². The molecule has 1 fully saturated rings. The molecule has 0 radical (unpaired) electrons. The summed E-state index contributed by atoms with van der Waals surface area (Å²) in [5.41, 5.74) is 2.26. The Morgan fingerprint density at radius 1 is 1.35 bits per heavy atom. The SMILES string of the molecule is Cc1cc([N+](=O)[O-])ccc1NC1(C)CCCC1. The maximum atomic E-state index is 10.7. The minimum atomic E-state index is -0.353. The second kappa shape index (κ2) is 4.35. The molecule has 1 aliphatic rings. The second-order valence-corrected chi connectivity index (χ2v) is 5.15. The average Bonchev–Trinajstić information content (AvgIpc) is 2.68. The Kier molecular flexibility index (Phi) is 3.05. The van der Waals surface area contributed by atoms with Crippen LogP contribution in [0, 0.1) is 17.0 Å². The fourth-order valence-corrected chi connectivity index (χ4v) is 2.51. The average molecular weight is 234 g/mol. The fourth-order valence-electron chi connectivity index (χ4n) is 2.51. The van der Waals surface area contributed by atoms with Crippen molar-refractivity contribution < 1.29 is 4.92 Å². The molecule has 92 valence electrons. The van der Waals surface area contributed by atoms with Gasteiger partial charge in [0.05, 0.1) is 4.92 Å². The van der Waals surface area contributed by atoms with Gasteiger partial charge in [0.15, 0.2) is 0 Å². The molecule has 0 amide bonds. The van der Waals surface area contributed by atoms with Crippen molar-refractivity contribution in [1.29, 1.82) is 0 Å². The predicted molar refractivity (Wildman–Crippen MR) is 68.3 cm³/mol. The molecule has 1 aromatic rings. The highest BCUT2D eigenvalue weighted by molar-refractivity contribution is 5.56. The molecular weight excluding hydrogens is 216 g/mol. The number of nitro benzene ring substituents is 1. The molecule has 1 N–H and O–H groups in total. The summed E-state index contributed by atoms with van der Waals surface area (Å²) >= 11 is 0. The van der Waals surface area contributed by atoms with E-state index in [1.54, 1.807) is 12.1 Å². The van der Waals surface area contributed by atoms with E-state index in [2.05, 4.69) is 12.2 Å². The van der Waals surface area contributed by atoms with Crippen molar-refractivity contribution in [3.05, 3.63) is 33.9 Å². The summed E-state index contributed by atoms with van der Waals surface area (Å²) in [7, 11) is 0. The van der Waals surface area contributed by atoms with Crippen molar-refractivity contribution in [2.24, 2.45) is 0 Å². The van der Waals surface area contributed by atoms with Gasteiger partial charge in [-0.05, 0) is 38.3 Å². The highest BCUT2D eigenvalue weighted by Gasteiger charge is 2.28. The van der Waals surface area contributed by atoms with Crippen molar-refractivity contribution in [2.45, 2.75) is 45.1 Å². The third kappa shape index (κ3) is 2.57. The van der Waals surface area contributed by atoms with E-state index in [9.17, 15) is 10.1 Å². The summed E-state index contributed by atoms with van der Waals surface area (Å²) in [6, 6.07) is 5.01. The number of nitro groups is 1. The summed E-state index contributed by atoms with van der Waals surface area (Å²) in [4.78, 5) is 10.3. The van der Waals surface area contributed by atoms with Crippen molar-refractivity contribution in [3.8, 4) is 0 Å². The maximum Gasteiger partial charge on any atom is 0.269 e. The Hall–Kier alpha value is -1.58. The van der Waals surface area contributed by atoms with Gasteiger partial charge in [-0.1, -0.05) is 12.8 Å². The smallest absolute Gasteiger partial charge is 0.269 e. The van der Waals surface area contributed by atoms with Crippen LogP contribution in [0.3, 0.4) is 0 Å². The molecule has 17 heavy (non-hydrogen) atoms. The lowest BCUT2D eigenvalue weighted by atomic mass is 9.99. The van der Waals surface area contributed by atoms with Gasteiger partial charge in [0.1, 0.15) is 0 Å². The molecule has 0 bridgehead atoms. The van der Waals surface area contributed by atoms with Crippen molar-refractivity contribution >= 4 is 11.4 Å². The number of non-ortho nitro benzene ring substituents is 1. The van der Waals surface area contributed by atoms with Gasteiger partial charge in [-0.3, -0.25) is 10.1 Å². The number of nitrogens with zero attached hydrogens (tertiary/aromatic N) is 1. The van der Waals surface area contributed by atoms with E-state index in [1.807, 2.05) is 13.0 Å². The van der Waals surface area contributed by atoms with Gasteiger partial charge in [0.25, 0.3) is 5.69 Å². The molecule has 0 atom stereocenters. The first-order valence-electron chi connectivity index (χ1n) is 6.03. The zero-order chi connectivity index (χ0) is 12.5. The Labute approximate surface area is 101 Å². The predicted octanol–water partition coefficient (Wildman–Crippen LogP) is 3.65. The largest absolute Gasteiger partial charge is 0.380 e. The zero-order valence-corrected chi connectivity index (χ0v) is 10.3. The van der Waals surface area contributed by atoms with Crippen molar-refractivity contribution in [3.63, 3.8) is 0 Å². The van der Waals surface area contributed by atoms with Gasteiger partial charge < -0.3 is 5.32 Å². The van der Waals surface area contributed by atoms with Crippen LogP contribution in [0.2, 0.25) is 0 Å². The second-order valence-electron chi connectivity index (χ2n) is 5.15. The third-order valence-corrected chi connectivity index (χ3v) is 3.56. The lowest BCUT2D eigenvalue weighted by Gasteiger charge is -2.27. The van der Waals surface area contributed by atoms with Gasteiger partial charge in [-0.2, -0.15) is 0 Å². The molecule has 4 nitrogen and oxygen atoms in total. The highest BCUT2D eigenvalue weighted by Crippen LogP contribution is 2.34. The van der Waals surface area contributed by atoms with Crippen LogP contribution in [0.5, 0.6) is 0 Å². The van der Waals surface area contributed by atoms with Crippen LogP contribution in [0.25, 0.3) is 0 Å². The summed E-state index contributed by atoms with van der Waals surface area (Å²) in [6.07, 6.45) is 4.86. The van der Waals surface area contributed by atoms with Crippen LogP contribution >= 0.6 is 0 Å². The minimum absolute atomic E-state index is 0.154. The number of rotatable bonds is 3. The van der Waals surface area contributed by atoms with Crippen molar-refractivity contribution in [1.82, 2.24) is 0 Å². The van der Waals surface area contributed by atoms with E-state index in [4.69, 9.17) is 0 Å². The van der Waals surface area contributed by atoms with E-state index in [1.165, 1.54) is 25.7 Å². The molecular formula is C13H18N2O2. The van der Waals surface area contributed by atoms with Crippen molar-refractivity contribution in [2.75, 3.05) is 5.32 Å². The van der Waals surface area contributed by atoms with Crippen LogP contribution < -0.4 is 5.32 Å². The Morgan fingerprint density at radius 3 is 2.53 bits per heavy atom. The number of anilines is 1. The monoisotopic (exact) mass is 234 g/mol. The van der Waals surface area contributed by atoms with Crippen LogP contribution in [-0.2, 0) is 0 Å². The highest BCUT2D eigenvalue weighted by atomic mass is 16.6. The van der Waals surface area contributed by atoms with E-state index in [0.29, 0.717) is 0 Å². The van der Waals surface area contributed by atoms with Gasteiger partial charge in [0, 0.05) is 23.4 Å². The molecule has 0 aliphatic heterocycles. The molecule has 0 heterocycles. The van der Waals surface area contributed by atoms with Gasteiger partial charge in [0.2, 0.25) is 0 Å². The molecule has 0 spiro atoms. The lowest BCUT2D eigenvalue weighted by molar-refractivity contribution is -0.384.